The number of hydrogen-bond donors (Lipinski definition) is 0. The van der Waals surface area contributed by atoms with Gasteiger partial charge in [-0.25, -0.2) is 5.01 Å². The molecular weight excluding hydrogens is 464 g/mol. The van der Waals surface area contributed by atoms with Gasteiger partial charge < -0.3 is 4.74 Å². The number of ether oxygens (including phenoxy) is 1. The van der Waals surface area contributed by atoms with E-state index in [9.17, 15) is 4.79 Å². The van der Waals surface area contributed by atoms with E-state index in [0.29, 0.717) is 17.0 Å². The number of fused-ring (bicyclic) bond motifs is 3. The number of nitrogens with zero attached hydrogens (tertiary/aromatic N) is 2. The van der Waals surface area contributed by atoms with E-state index in [2.05, 4.69) is 15.9 Å². The number of carbonyl (C=O) groups excluding carboxylic acids is 1. The summed E-state index contributed by atoms with van der Waals surface area (Å²) in [6.07, 6.45) is -0.122. The maximum Gasteiger partial charge on any atom is 0.251 e. The zero-order chi connectivity index (χ0) is 20.8. The monoisotopic (exact) mass is 480 g/mol. The Balaban J connectivity index is 1.57. The minimum Gasteiger partial charge on any atom is -0.461 e. The molecule has 3 aromatic rings. The number of ketones is 1. The Bertz CT molecular complexity index is 1160. The smallest absolute Gasteiger partial charge is 0.251 e. The Morgan fingerprint density at radius 1 is 1.10 bits per heavy atom. The fraction of sp³-hybridized carbons (Fsp3) is 0.167. The molecule has 5 rings (SSSR count). The van der Waals surface area contributed by atoms with Gasteiger partial charge in [0.1, 0.15) is 5.75 Å². The molecule has 150 valence electrons. The lowest BCUT2D eigenvalue weighted by Gasteiger charge is -2.37. The van der Waals surface area contributed by atoms with Crippen LogP contribution in [0.5, 0.6) is 5.75 Å². The summed E-state index contributed by atoms with van der Waals surface area (Å²) in [5, 5.41) is 7.32. The number of hydrazone groups is 1. The van der Waals surface area contributed by atoms with Crippen molar-refractivity contribution < 1.29 is 9.53 Å². The minimum absolute atomic E-state index is 0.0728. The third kappa shape index (κ3) is 3.42. The Morgan fingerprint density at radius 3 is 2.57 bits per heavy atom. The lowest BCUT2D eigenvalue weighted by Crippen LogP contribution is -2.45. The van der Waals surface area contributed by atoms with Crippen LogP contribution in [0.3, 0.4) is 0 Å². The van der Waals surface area contributed by atoms with E-state index in [4.69, 9.17) is 21.4 Å². The second kappa shape index (κ2) is 7.56. The van der Waals surface area contributed by atoms with Crippen molar-refractivity contribution >= 4 is 39.0 Å². The first-order valence-corrected chi connectivity index (χ1v) is 10.9. The van der Waals surface area contributed by atoms with Crippen LogP contribution in [0.2, 0.25) is 5.02 Å². The molecule has 0 radical (unpaired) electrons. The predicted octanol–water partition coefficient (Wildman–Crippen LogP) is 6.16. The highest BCUT2D eigenvalue weighted by atomic mass is 79.9. The normalized spacial score (nSPS) is 19.6. The lowest BCUT2D eigenvalue weighted by molar-refractivity contribution is -0.00459. The van der Waals surface area contributed by atoms with E-state index in [1.54, 1.807) is 5.01 Å². The molecule has 0 spiro atoms. The average Bonchev–Trinajstić information content (AvgIpc) is 3.19. The molecule has 30 heavy (non-hydrogen) atoms. The number of aryl methyl sites for hydroxylation is 1. The van der Waals surface area contributed by atoms with Crippen molar-refractivity contribution in [3.63, 3.8) is 0 Å². The van der Waals surface area contributed by atoms with E-state index in [0.717, 1.165) is 32.6 Å². The first kappa shape index (κ1) is 19.3. The molecule has 6 heteroatoms. The van der Waals surface area contributed by atoms with E-state index in [1.807, 2.05) is 73.7 Å². The van der Waals surface area contributed by atoms with Gasteiger partial charge in [-0.3, -0.25) is 4.79 Å². The van der Waals surface area contributed by atoms with Crippen molar-refractivity contribution in [2.24, 2.45) is 5.10 Å². The van der Waals surface area contributed by atoms with E-state index in [1.165, 1.54) is 0 Å². The number of halogens is 2. The quantitative estimate of drug-likeness (QED) is 0.421. The third-order valence-electron chi connectivity index (χ3n) is 5.49. The van der Waals surface area contributed by atoms with E-state index < -0.39 is 6.23 Å². The number of benzene rings is 3. The first-order valence-electron chi connectivity index (χ1n) is 9.68. The number of hydrogen-bond acceptors (Lipinski definition) is 4. The van der Waals surface area contributed by atoms with Crippen molar-refractivity contribution in [3.8, 4) is 5.75 Å². The topological polar surface area (TPSA) is 41.9 Å². The summed E-state index contributed by atoms with van der Waals surface area (Å²) in [7, 11) is 0. The van der Waals surface area contributed by atoms with Crippen LogP contribution in [0.4, 0.5) is 0 Å². The highest BCUT2D eigenvalue weighted by Gasteiger charge is 2.43. The summed E-state index contributed by atoms with van der Waals surface area (Å²) in [6, 6.07) is 21.0. The van der Waals surface area contributed by atoms with Crippen LogP contribution in [0, 0.1) is 6.92 Å². The molecule has 0 amide bonds. The summed E-state index contributed by atoms with van der Waals surface area (Å²) in [5.74, 6) is 0.618. The zero-order valence-electron chi connectivity index (χ0n) is 16.2. The standard InChI is InChI=1S/C24H18BrClN2O2/c1-14-2-4-16(5-3-14)23(29)24-28-21(19-12-17(25)8-11-22(19)30-24)13-20(27-28)15-6-9-18(26)10-7-15/h2-12,21,24H,13H2,1H3. The summed E-state index contributed by atoms with van der Waals surface area (Å²) in [5.41, 5.74) is 4.64. The van der Waals surface area contributed by atoms with Crippen LogP contribution < -0.4 is 4.74 Å². The Morgan fingerprint density at radius 2 is 1.83 bits per heavy atom. The van der Waals surface area contributed by atoms with Crippen molar-refractivity contribution in [2.75, 3.05) is 0 Å². The van der Waals surface area contributed by atoms with E-state index >= 15 is 0 Å². The summed E-state index contributed by atoms with van der Waals surface area (Å²) < 4.78 is 7.14. The summed E-state index contributed by atoms with van der Waals surface area (Å²) in [6.45, 7) is 2.00. The highest BCUT2D eigenvalue weighted by molar-refractivity contribution is 9.10. The maximum atomic E-state index is 13.4. The SMILES string of the molecule is Cc1ccc(C(=O)C2Oc3ccc(Br)cc3C3CC(c4ccc(Cl)cc4)=NN23)cc1. The van der Waals surface area contributed by atoms with Gasteiger partial charge in [0.25, 0.3) is 6.23 Å². The average molecular weight is 482 g/mol. The van der Waals surface area contributed by atoms with Gasteiger partial charge in [0, 0.05) is 27.0 Å². The molecule has 2 atom stereocenters. The van der Waals surface area contributed by atoms with Gasteiger partial charge in [-0.05, 0) is 42.8 Å². The van der Waals surface area contributed by atoms with Crippen LogP contribution in [-0.2, 0) is 0 Å². The van der Waals surface area contributed by atoms with Crippen LogP contribution >= 0.6 is 27.5 Å². The van der Waals surface area contributed by atoms with Gasteiger partial charge in [0.15, 0.2) is 0 Å². The van der Waals surface area contributed by atoms with Gasteiger partial charge in [-0.1, -0.05) is 69.5 Å². The molecule has 2 aliphatic heterocycles. The molecule has 2 aliphatic rings. The van der Waals surface area contributed by atoms with Crippen molar-refractivity contribution in [3.05, 3.63) is 98.5 Å². The second-order valence-electron chi connectivity index (χ2n) is 7.54. The zero-order valence-corrected chi connectivity index (χ0v) is 18.5. The Labute approximate surface area is 188 Å². The van der Waals surface area contributed by atoms with Crippen molar-refractivity contribution in [1.82, 2.24) is 5.01 Å². The first-order chi connectivity index (χ1) is 14.5. The molecule has 0 aromatic heterocycles. The molecule has 0 aliphatic carbocycles. The number of Topliss-reactive ketones (excluding diaryl/α,β-unsaturated/α-hetero) is 1. The summed E-state index contributed by atoms with van der Waals surface area (Å²) >= 11 is 9.60. The Kier molecular flexibility index (Phi) is 4.88. The van der Waals surface area contributed by atoms with Crippen LogP contribution in [0.1, 0.15) is 39.5 Å². The van der Waals surface area contributed by atoms with Crippen LogP contribution in [0.25, 0.3) is 0 Å². The molecule has 2 unspecified atom stereocenters. The third-order valence-corrected chi connectivity index (χ3v) is 6.23. The molecule has 0 fully saturated rings. The molecule has 0 saturated heterocycles. The van der Waals surface area contributed by atoms with E-state index in [-0.39, 0.29) is 11.8 Å². The molecule has 4 nitrogen and oxygen atoms in total. The number of carbonyl (C=O) groups is 1. The van der Waals surface area contributed by atoms with Crippen LogP contribution in [-0.4, -0.2) is 22.7 Å². The molecule has 0 N–H and O–H groups in total. The largest absolute Gasteiger partial charge is 0.461 e. The van der Waals surface area contributed by atoms with Gasteiger partial charge >= 0.3 is 0 Å². The fourth-order valence-corrected chi connectivity index (χ4v) is 4.41. The molecule has 0 saturated carbocycles. The number of rotatable bonds is 3. The van der Waals surface area contributed by atoms with Crippen LogP contribution in [0.15, 0.2) is 76.3 Å². The molecule has 2 heterocycles. The van der Waals surface area contributed by atoms with Gasteiger partial charge in [-0.2, -0.15) is 5.10 Å². The maximum absolute atomic E-state index is 13.4. The predicted molar refractivity (Wildman–Crippen MR) is 121 cm³/mol. The minimum atomic E-state index is -0.809. The van der Waals surface area contributed by atoms with Gasteiger partial charge in [0.2, 0.25) is 5.78 Å². The van der Waals surface area contributed by atoms with Gasteiger partial charge in [-0.15, -0.1) is 0 Å². The molecule has 0 bridgehead atoms. The molecular formula is C24H18BrClN2O2. The fourth-order valence-electron chi connectivity index (χ4n) is 3.91. The molecule has 3 aromatic carbocycles. The van der Waals surface area contributed by atoms with Gasteiger partial charge in [0.05, 0.1) is 11.8 Å². The summed E-state index contributed by atoms with van der Waals surface area (Å²) in [4.78, 5) is 13.4. The van der Waals surface area contributed by atoms with Crippen molar-refractivity contribution in [2.45, 2.75) is 25.6 Å². The highest BCUT2D eigenvalue weighted by Crippen LogP contribution is 2.44. The second-order valence-corrected chi connectivity index (χ2v) is 8.89. The van der Waals surface area contributed by atoms with Crippen molar-refractivity contribution in [1.29, 1.82) is 0 Å². The Hall–Kier alpha value is -2.63. The lowest BCUT2D eigenvalue weighted by atomic mass is 9.95.